The summed E-state index contributed by atoms with van der Waals surface area (Å²) in [6.45, 7) is 0. The van der Waals surface area contributed by atoms with Crippen LogP contribution in [0.4, 0.5) is 0 Å². The van der Waals surface area contributed by atoms with Crippen LogP contribution in [0.5, 0.6) is 0 Å². The third-order valence-corrected chi connectivity index (χ3v) is 3.35. The number of fused-ring (bicyclic) bond motifs is 1. The van der Waals surface area contributed by atoms with E-state index in [-0.39, 0.29) is 11.2 Å². The van der Waals surface area contributed by atoms with Crippen LogP contribution in [0.2, 0.25) is 0 Å². The monoisotopic (exact) mass is 268 g/mol. The first-order chi connectivity index (χ1) is 9.64. The van der Waals surface area contributed by atoms with Crippen molar-refractivity contribution in [2.45, 2.75) is 5.60 Å². The molecule has 0 aliphatic heterocycles. The molecule has 20 heavy (non-hydrogen) atoms. The summed E-state index contributed by atoms with van der Waals surface area (Å²) in [5, 5.41) is 0.516. The van der Waals surface area contributed by atoms with E-state index in [2.05, 4.69) is 0 Å². The Bertz CT molecular complexity index is 779. The molecule has 1 aliphatic carbocycles. The number of ketones is 1. The molecule has 0 bridgehead atoms. The molecule has 0 radical (unpaired) electrons. The Morgan fingerprint density at radius 2 is 1.80 bits per heavy atom. The molecule has 1 aromatic heterocycles. The van der Waals surface area contributed by atoms with E-state index < -0.39 is 5.60 Å². The van der Waals surface area contributed by atoms with Gasteiger partial charge in [-0.25, -0.2) is 0 Å². The molecule has 0 amide bonds. The molecule has 3 rings (SSSR count). The first-order valence-corrected chi connectivity index (χ1v) is 6.15. The fourth-order valence-electron chi connectivity index (χ4n) is 2.22. The van der Waals surface area contributed by atoms with Gasteiger partial charge in [0.05, 0.1) is 5.39 Å². The van der Waals surface area contributed by atoms with Crippen LogP contribution in [0, 0.1) is 0 Å². The van der Waals surface area contributed by atoms with Gasteiger partial charge in [-0.1, -0.05) is 12.1 Å². The number of carbonyl (C=O) groups excluding carboxylic acids is 1. The Hall–Kier alpha value is -2.46. The fourth-order valence-corrected chi connectivity index (χ4v) is 2.22. The van der Waals surface area contributed by atoms with E-state index in [4.69, 9.17) is 9.15 Å². The molecule has 4 nitrogen and oxygen atoms in total. The number of hydrogen-bond acceptors (Lipinski definition) is 4. The number of hydrogen-bond donors (Lipinski definition) is 0. The van der Waals surface area contributed by atoms with Crippen molar-refractivity contribution in [2.75, 3.05) is 7.11 Å². The Kier molecular flexibility index (Phi) is 2.88. The summed E-state index contributed by atoms with van der Waals surface area (Å²) < 4.78 is 11.2. The summed E-state index contributed by atoms with van der Waals surface area (Å²) in [5.74, 6) is 0.226. The van der Waals surface area contributed by atoms with Gasteiger partial charge in [0.1, 0.15) is 11.3 Å². The van der Waals surface area contributed by atoms with Crippen LogP contribution in [0.15, 0.2) is 63.8 Å². The minimum Gasteiger partial charge on any atom is -0.457 e. The molecule has 0 atom stereocenters. The standard InChI is InChI=1S/C16H12O4/c1-19-16(8-6-11(17)7-9-16)15-10-13(18)12-4-2-3-5-14(12)20-15/h2-10H,1H3. The lowest BCUT2D eigenvalue weighted by molar-refractivity contribution is -0.110. The average molecular weight is 268 g/mol. The van der Waals surface area contributed by atoms with Crippen molar-refractivity contribution in [2.24, 2.45) is 0 Å². The molecule has 0 N–H and O–H groups in total. The zero-order valence-corrected chi connectivity index (χ0v) is 10.8. The predicted molar refractivity (Wildman–Crippen MR) is 74.5 cm³/mol. The van der Waals surface area contributed by atoms with Gasteiger partial charge < -0.3 is 9.15 Å². The third kappa shape index (κ3) is 1.90. The maximum Gasteiger partial charge on any atom is 0.193 e. The number of para-hydroxylation sites is 1. The van der Waals surface area contributed by atoms with Gasteiger partial charge in [0, 0.05) is 13.2 Å². The van der Waals surface area contributed by atoms with E-state index in [1.807, 2.05) is 0 Å². The Morgan fingerprint density at radius 3 is 2.50 bits per heavy atom. The lowest BCUT2D eigenvalue weighted by atomic mass is 9.93. The lowest BCUT2D eigenvalue weighted by Gasteiger charge is -2.26. The van der Waals surface area contributed by atoms with Crippen molar-refractivity contribution in [3.63, 3.8) is 0 Å². The predicted octanol–water partition coefficient (Wildman–Crippen LogP) is 2.33. The van der Waals surface area contributed by atoms with Crippen LogP contribution >= 0.6 is 0 Å². The van der Waals surface area contributed by atoms with Crippen LogP contribution in [-0.2, 0) is 15.1 Å². The SMILES string of the molecule is COC1(c2cc(=O)c3ccccc3o2)C=CC(=O)C=C1. The summed E-state index contributed by atoms with van der Waals surface area (Å²) in [7, 11) is 1.50. The van der Waals surface area contributed by atoms with Crippen LogP contribution in [0.1, 0.15) is 5.76 Å². The Balaban J connectivity index is 2.24. The van der Waals surface area contributed by atoms with Gasteiger partial charge in [-0.15, -0.1) is 0 Å². The maximum absolute atomic E-state index is 12.1. The smallest absolute Gasteiger partial charge is 0.193 e. The number of methoxy groups -OCH3 is 1. The molecule has 1 heterocycles. The molecule has 100 valence electrons. The molecule has 1 aromatic carbocycles. The first kappa shape index (κ1) is 12.6. The highest BCUT2D eigenvalue weighted by molar-refractivity contribution is 6.00. The van der Waals surface area contributed by atoms with Crippen molar-refractivity contribution in [3.8, 4) is 0 Å². The second kappa shape index (κ2) is 4.58. The van der Waals surface area contributed by atoms with E-state index >= 15 is 0 Å². The van der Waals surface area contributed by atoms with E-state index in [0.717, 1.165) is 0 Å². The number of rotatable bonds is 2. The van der Waals surface area contributed by atoms with Crippen LogP contribution in [0.3, 0.4) is 0 Å². The van der Waals surface area contributed by atoms with E-state index in [9.17, 15) is 9.59 Å². The molecular formula is C16H12O4. The topological polar surface area (TPSA) is 56.5 Å². The zero-order chi connectivity index (χ0) is 14.2. The first-order valence-electron chi connectivity index (χ1n) is 6.15. The van der Waals surface area contributed by atoms with Crippen molar-refractivity contribution < 1.29 is 13.9 Å². The highest BCUT2D eigenvalue weighted by atomic mass is 16.5. The molecule has 0 saturated heterocycles. The van der Waals surface area contributed by atoms with Crippen molar-refractivity contribution >= 4 is 16.8 Å². The minimum atomic E-state index is -1.02. The lowest BCUT2D eigenvalue weighted by Crippen LogP contribution is -2.27. The van der Waals surface area contributed by atoms with Gasteiger partial charge in [0.15, 0.2) is 16.8 Å². The molecule has 0 fully saturated rings. The molecule has 0 spiro atoms. The molecule has 2 aromatic rings. The van der Waals surface area contributed by atoms with Gasteiger partial charge in [-0.3, -0.25) is 9.59 Å². The van der Waals surface area contributed by atoms with Crippen molar-refractivity contribution in [1.82, 2.24) is 0 Å². The quantitative estimate of drug-likeness (QED) is 0.838. The zero-order valence-electron chi connectivity index (χ0n) is 10.8. The van der Waals surface area contributed by atoms with Crippen LogP contribution < -0.4 is 5.43 Å². The number of benzene rings is 1. The number of carbonyl (C=O) groups is 1. The van der Waals surface area contributed by atoms with E-state index in [1.165, 1.54) is 25.3 Å². The normalized spacial score (nSPS) is 16.8. The van der Waals surface area contributed by atoms with Crippen LogP contribution in [-0.4, -0.2) is 12.9 Å². The summed E-state index contributed by atoms with van der Waals surface area (Å²) in [6, 6.07) is 8.41. The molecule has 0 saturated carbocycles. The average Bonchev–Trinajstić information content (AvgIpc) is 2.48. The second-order valence-corrected chi connectivity index (χ2v) is 4.54. The fraction of sp³-hybridized carbons (Fsp3) is 0.125. The van der Waals surface area contributed by atoms with Crippen LogP contribution in [0.25, 0.3) is 11.0 Å². The van der Waals surface area contributed by atoms with Gasteiger partial charge in [0.25, 0.3) is 0 Å². The number of allylic oxidation sites excluding steroid dienone is 2. The Labute approximate surface area is 115 Å². The van der Waals surface area contributed by atoms with Gasteiger partial charge in [0.2, 0.25) is 0 Å². The van der Waals surface area contributed by atoms with Crippen molar-refractivity contribution in [3.05, 3.63) is 70.6 Å². The van der Waals surface area contributed by atoms with Gasteiger partial charge in [-0.05, 0) is 36.4 Å². The van der Waals surface area contributed by atoms with E-state index in [0.29, 0.717) is 16.7 Å². The largest absolute Gasteiger partial charge is 0.457 e. The van der Waals surface area contributed by atoms with E-state index in [1.54, 1.807) is 36.4 Å². The van der Waals surface area contributed by atoms with Gasteiger partial charge in [-0.2, -0.15) is 0 Å². The summed E-state index contributed by atoms with van der Waals surface area (Å²) in [5.41, 5.74) is -0.668. The maximum atomic E-state index is 12.1. The third-order valence-electron chi connectivity index (χ3n) is 3.35. The molecule has 4 heteroatoms. The second-order valence-electron chi connectivity index (χ2n) is 4.54. The van der Waals surface area contributed by atoms with Crippen molar-refractivity contribution in [1.29, 1.82) is 0 Å². The molecular weight excluding hydrogens is 256 g/mol. The summed E-state index contributed by atoms with van der Waals surface area (Å²) >= 11 is 0. The number of ether oxygens (including phenoxy) is 1. The Morgan fingerprint density at radius 1 is 1.10 bits per heavy atom. The highest BCUT2D eigenvalue weighted by Gasteiger charge is 2.32. The minimum absolute atomic E-state index is 0.124. The summed E-state index contributed by atoms with van der Waals surface area (Å²) in [4.78, 5) is 23.4. The summed E-state index contributed by atoms with van der Waals surface area (Å²) in [6.07, 6.45) is 5.97. The van der Waals surface area contributed by atoms with Gasteiger partial charge >= 0.3 is 0 Å². The molecule has 1 aliphatic rings. The highest BCUT2D eigenvalue weighted by Crippen LogP contribution is 2.31. The molecule has 0 unspecified atom stereocenters.